The van der Waals surface area contributed by atoms with Gasteiger partial charge in [-0.05, 0) is 74.6 Å². The number of sulfonamides is 2. The third-order valence-corrected chi connectivity index (χ3v) is 19.8. The fraction of sp³-hybridized carbons (Fsp3) is 0.571. The number of hydrogen-bond acceptors (Lipinski definition) is 8. The van der Waals surface area contributed by atoms with Crippen LogP contribution in [-0.4, -0.2) is 90.2 Å². The number of nitrogens with zero attached hydrogens (tertiary/aromatic N) is 1. The first-order valence-corrected chi connectivity index (χ1v) is 25.1. The molecule has 8 unspecified atom stereocenters. The minimum Gasteiger partial charge on any atom is -0.491 e. The molecule has 2 aliphatic heterocycles. The van der Waals surface area contributed by atoms with Gasteiger partial charge < -0.3 is 23.1 Å². The predicted octanol–water partition coefficient (Wildman–Crippen LogP) is 11.7. The van der Waals surface area contributed by atoms with Gasteiger partial charge in [0.1, 0.15) is 10.9 Å². The number of alkyl halides is 18. The zero-order valence-electron chi connectivity index (χ0n) is 36.3. The highest BCUT2D eigenvalue weighted by Crippen LogP contribution is 2.76. The van der Waals surface area contributed by atoms with Gasteiger partial charge in [0.2, 0.25) is 9.79 Å². The standard InChI is InChI=1S/C40H35F12O4S.C2F6NO4S2/c1-53-29-23(33-16-14-20(18-33)27-31(33)55-35(27,37(41,42)43)38(44,45)46)10-6-12-25(29)57(22-8-4-3-5-9-22)26-13-7-11-24(30(26)54-2)34-17-15-21(19-34)28-32(34)56-36(28,39(47,48)49)40(50,51)52;3-1(4,5)14(10,11)9-15(12,13)2(6,7)8/h3-13,20-21,27-28,31-32H,14-19H2,1-2H3;/q+1;-1. The van der Waals surface area contributed by atoms with Crippen molar-refractivity contribution in [2.75, 3.05) is 14.2 Å². The van der Waals surface area contributed by atoms with Crippen LogP contribution in [-0.2, 0) is 51.2 Å². The zero-order chi connectivity index (χ0) is 53.6. The molecule has 0 amide bonds. The van der Waals surface area contributed by atoms with Crippen LogP contribution in [0, 0.1) is 23.7 Å². The molecule has 3 aromatic carbocycles. The Morgan fingerprint density at radius 2 is 0.875 bits per heavy atom. The molecule has 6 aliphatic rings. The molecule has 30 heteroatoms. The fourth-order valence-corrected chi connectivity index (χ4v) is 16.3. The van der Waals surface area contributed by atoms with Gasteiger partial charge in [-0.15, -0.1) is 0 Å². The average molecular weight is 1120 g/mol. The predicted molar refractivity (Wildman–Crippen MR) is 212 cm³/mol. The van der Waals surface area contributed by atoms with Crippen LogP contribution in [0.4, 0.5) is 79.0 Å². The molecule has 72 heavy (non-hydrogen) atoms. The minimum absolute atomic E-state index is 0.0115. The van der Waals surface area contributed by atoms with Gasteiger partial charge in [0.05, 0.1) is 26.4 Å². The first-order chi connectivity index (χ1) is 32.9. The molecule has 9 nitrogen and oxygen atoms in total. The van der Waals surface area contributed by atoms with Gasteiger partial charge in [0.15, 0.2) is 36.4 Å². The number of hydrogen-bond donors (Lipinski definition) is 0. The summed E-state index contributed by atoms with van der Waals surface area (Å²) in [5.74, 6) is -5.10. The lowest BCUT2D eigenvalue weighted by molar-refractivity contribution is -0.472. The molecule has 8 atom stereocenters. The van der Waals surface area contributed by atoms with Crippen molar-refractivity contribution in [2.24, 2.45) is 23.7 Å². The van der Waals surface area contributed by atoms with Crippen LogP contribution in [0.5, 0.6) is 11.5 Å². The summed E-state index contributed by atoms with van der Waals surface area (Å²) in [6.45, 7) is 0. The molecular weight excluding hydrogens is 1080 g/mol. The summed E-state index contributed by atoms with van der Waals surface area (Å²) in [6, 6.07) is 18.9. The monoisotopic (exact) mass is 1120 g/mol. The van der Waals surface area contributed by atoms with Crippen molar-refractivity contribution < 1.29 is 115 Å². The minimum atomic E-state index is -6.72. The first-order valence-electron chi connectivity index (χ1n) is 21.0. The van der Waals surface area contributed by atoms with Crippen LogP contribution in [0.15, 0.2) is 81.4 Å². The van der Waals surface area contributed by atoms with Crippen LogP contribution in [0.25, 0.3) is 4.13 Å². The molecule has 400 valence electrons. The van der Waals surface area contributed by atoms with Crippen molar-refractivity contribution >= 4 is 30.9 Å². The maximum atomic E-state index is 14.3. The highest BCUT2D eigenvalue weighted by molar-refractivity contribution is 8.13. The number of para-hydroxylation sites is 2. The smallest absolute Gasteiger partial charge is 0.480 e. The fourth-order valence-electron chi connectivity index (χ4n) is 12.3. The highest BCUT2D eigenvalue weighted by atomic mass is 32.3. The van der Waals surface area contributed by atoms with Crippen molar-refractivity contribution in [3.05, 3.63) is 82.0 Å². The molecule has 3 aromatic rings. The molecule has 4 saturated carbocycles. The van der Waals surface area contributed by atoms with E-state index in [9.17, 15) is 95.9 Å². The molecule has 4 aliphatic carbocycles. The first kappa shape index (κ1) is 54.4. The number of benzene rings is 3. The lowest BCUT2D eigenvalue weighted by atomic mass is 9.62. The van der Waals surface area contributed by atoms with Gasteiger partial charge in [0, 0.05) is 33.8 Å². The van der Waals surface area contributed by atoms with Gasteiger partial charge >= 0.3 is 35.7 Å². The second-order valence-corrected chi connectivity index (χ2v) is 23.5. The van der Waals surface area contributed by atoms with Crippen LogP contribution >= 0.6 is 0 Å². The second-order valence-electron chi connectivity index (χ2n) is 18.1. The normalized spacial score (nSPS) is 30.1. The number of ether oxygens (including phenoxy) is 4. The maximum absolute atomic E-state index is 14.3. The van der Waals surface area contributed by atoms with E-state index in [4.69, 9.17) is 18.9 Å². The topological polar surface area (TPSA) is 119 Å². The van der Waals surface area contributed by atoms with E-state index in [1.54, 1.807) is 66.7 Å². The van der Waals surface area contributed by atoms with E-state index in [2.05, 4.69) is 0 Å². The van der Waals surface area contributed by atoms with Gasteiger partial charge in [-0.1, -0.05) is 42.5 Å². The van der Waals surface area contributed by atoms with Crippen molar-refractivity contribution in [1.29, 1.82) is 0 Å². The summed E-state index contributed by atoms with van der Waals surface area (Å²) < 4.78 is 303. The summed E-state index contributed by atoms with van der Waals surface area (Å²) in [4.78, 5) is 1.67. The molecule has 0 aromatic heterocycles. The Bertz CT molecular complexity index is 2620. The van der Waals surface area contributed by atoms with E-state index in [0.29, 0.717) is 25.8 Å². The van der Waals surface area contributed by atoms with Crippen LogP contribution < -0.4 is 9.47 Å². The van der Waals surface area contributed by atoms with E-state index in [0.717, 1.165) is 4.13 Å². The molecule has 0 radical (unpaired) electrons. The molecule has 6 fully saturated rings. The average Bonchev–Trinajstić information content (AvgIpc) is 3.94. The molecular formula is C42H35F18NO8S3. The van der Waals surface area contributed by atoms with E-state index in [1.165, 1.54) is 14.2 Å². The Labute approximate surface area is 399 Å². The van der Waals surface area contributed by atoms with Crippen LogP contribution in [0.3, 0.4) is 0 Å². The number of fused-ring (bicyclic) bond motifs is 10. The maximum Gasteiger partial charge on any atom is 0.480 e. The van der Waals surface area contributed by atoms with E-state index in [1.807, 2.05) is 0 Å². The quantitative estimate of drug-likeness (QED) is 0.154. The summed E-state index contributed by atoms with van der Waals surface area (Å²) >= 11 is 0. The van der Waals surface area contributed by atoms with Crippen molar-refractivity contribution in [3.8, 4) is 11.5 Å². The number of methoxy groups -OCH3 is 2. The molecule has 2 heterocycles. The van der Waals surface area contributed by atoms with Crippen molar-refractivity contribution in [1.82, 2.24) is 0 Å². The largest absolute Gasteiger partial charge is 0.491 e. The molecule has 0 N–H and O–H groups in total. The summed E-state index contributed by atoms with van der Waals surface area (Å²) in [7, 11) is -11.9. The number of halogens is 18. The van der Waals surface area contributed by atoms with Crippen LogP contribution in [0.2, 0.25) is 0 Å². The van der Waals surface area contributed by atoms with Gasteiger partial charge in [-0.25, -0.2) is 16.8 Å². The summed E-state index contributed by atoms with van der Waals surface area (Å²) in [5.41, 5.74) is -22.7. The number of rotatable bonds is 9. The highest BCUT2D eigenvalue weighted by Gasteiger charge is 2.90. The SMILES string of the molecule is COc1c([S+](c2ccccc2)c2cccc(C34CCC(C3)C3C4OC3(C(F)(F)F)C(F)(F)F)c2OC)cccc1C12CCC(C1)C1C2OC1(C(F)(F)F)C(F)(F)F.O=S(=O)([N-]S(=O)(=O)C(F)(F)F)C(F)(F)F. The molecule has 2 saturated heterocycles. The summed E-state index contributed by atoms with van der Waals surface area (Å²) in [6.07, 6.45) is -24.8. The van der Waals surface area contributed by atoms with Gasteiger partial charge in [-0.3, -0.25) is 0 Å². The summed E-state index contributed by atoms with van der Waals surface area (Å²) in [5, 5.41) is 0. The third kappa shape index (κ3) is 7.60. The Morgan fingerprint density at radius 3 is 1.18 bits per heavy atom. The van der Waals surface area contributed by atoms with E-state index < -0.39 is 125 Å². The van der Waals surface area contributed by atoms with Gasteiger partial charge in [0.25, 0.3) is 11.2 Å². The third-order valence-electron chi connectivity index (χ3n) is 14.8. The van der Waals surface area contributed by atoms with E-state index >= 15 is 0 Å². The Morgan fingerprint density at radius 1 is 0.528 bits per heavy atom. The van der Waals surface area contributed by atoms with Gasteiger partial charge in [-0.2, -0.15) is 79.0 Å². The lowest BCUT2D eigenvalue weighted by Crippen LogP contribution is -2.77. The van der Waals surface area contributed by atoms with Crippen molar-refractivity contribution in [2.45, 2.75) is 123 Å². The molecule has 4 bridgehead atoms. The molecule has 9 rings (SSSR count). The Hall–Kier alpha value is -3.87. The Balaban J connectivity index is 0.000000402. The second kappa shape index (κ2) is 16.8. The van der Waals surface area contributed by atoms with Crippen molar-refractivity contribution in [3.63, 3.8) is 0 Å². The molecule has 0 spiro atoms. The lowest BCUT2D eigenvalue weighted by Gasteiger charge is -2.59. The van der Waals surface area contributed by atoms with Crippen LogP contribution in [0.1, 0.15) is 49.7 Å². The van der Waals surface area contributed by atoms with E-state index in [-0.39, 0.29) is 50.0 Å². The Kier molecular flexibility index (Phi) is 12.7. The zero-order valence-corrected chi connectivity index (χ0v) is 38.7.